The topological polar surface area (TPSA) is 84.8 Å². The number of aliphatic imine (C=N–C) groups is 1. The van der Waals surface area contributed by atoms with E-state index >= 15 is 0 Å². The standard InChI is InChI=1S/C21H28N4O3S/c1-4-27-21(26)14-10-17(20-24-8-9-29-20)19(18(11-14)23-3)28-13-16-7-5-6-15(25-16)12-22-2/h8-11,15-16,22,25H,3-7,12-13H2,1-2H3. The molecule has 0 aliphatic carbocycles. The molecule has 0 bridgehead atoms. The zero-order valence-corrected chi connectivity index (χ0v) is 17.8. The molecule has 0 spiro atoms. The van der Waals surface area contributed by atoms with E-state index in [0.717, 1.165) is 30.0 Å². The predicted octanol–water partition coefficient (Wildman–Crippen LogP) is 3.43. The largest absolute Gasteiger partial charge is 0.489 e. The number of carbonyl (C=O) groups excluding carboxylic acids is 1. The zero-order valence-electron chi connectivity index (χ0n) is 16.9. The highest BCUT2D eigenvalue weighted by atomic mass is 32.1. The molecule has 29 heavy (non-hydrogen) atoms. The molecule has 2 unspecified atom stereocenters. The Hall–Kier alpha value is -2.29. The first kappa shape index (κ1) is 21.4. The molecule has 1 fully saturated rings. The monoisotopic (exact) mass is 416 g/mol. The predicted molar refractivity (Wildman–Crippen MR) is 117 cm³/mol. The molecule has 7 nitrogen and oxygen atoms in total. The van der Waals surface area contributed by atoms with Crippen LogP contribution in [0.25, 0.3) is 10.6 Å². The van der Waals surface area contributed by atoms with Gasteiger partial charge in [0.2, 0.25) is 0 Å². The molecule has 1 aromatic heterocycles. The number of carbonyl (C=O) groups is 1. The fourth-order valence-electron chi connectivity index (χ4n) is 3.56. The van der Waals surface area contributed by atoms with Crippen molar-refractivity contribution < 1.29 is 14.3 Å². The smallest absolute Gasteiger partial charge is 0.338 e. The molecule has 2 atom stereocenters. The van der Waals surface area contributed by atoms with Crippen molar-refractivity contribution in [2.75, 3.05) is 26.8 Å². The lowest BCUT2D eigenvalue weighted by Gasteiger charge is -2.31. The normalized spacial score (nSPS) is 19.0. The maximum atomic E-state index is 12.3. The first-order chi connectivity index (χ1) is 14.2. The summed E-state index contributed by atoms with van der Waals surface area (Å²) in [5, 5.41) is 9.52. The van der Waals surface area contributed by atoms with Gasteiger partial charge in [0.25, 0.3) is 0 Å². The molecule has 0 radical (unpaired) electrons. The minimum atomic E-state index is -0.398. The van der Waals surface area contributed by atoms with E-state index in [2.05, 4.69) is 27.3 Å². The molecule has 0 saturated carbocycles. The van der Waals surface area contributed by atoms with Gasteiger partial charge in [-0.3, -0.25) is 4.99 Å². The van der Waals surface area contributed by atoms with E-state index in [0.29, 0.717) is 36.3 Å². The summed E-state index contributed by atoms with van der Waals surface area (Å²) >= 11 is 1.48. The van der Waals surface area contributed by atoms with Gasteiger partial charge >= 0.3 is 5.97 Å². The number of benzene rings is 1. The molecule has 2 N–H and O–H groups in total. The Morgan fingerprint density at radius 1 is 1.41 bits per heavy atom. The van der Waals surface area contributed by atoms with E-state index in [9.17, 15) is 4.79 Å². The van der Waals surface area contributed by atoms with Crippen LogP contribution in [-0.4, -0.2) is 56.6 Å². The fraction of sp³-hybridized carbons (Fsp3) is 0.476. The van der Waals surface area contributed by atoms with Gasteiger partial charge in [-0.05, 0) is 45.7 Å². The first-order valence-electron chi connectivity index (χ1n) is 9.91. The van der Waals surface area contributed by atoms with Gasteiger partial charge in [-0.15, -0.1) is 11.3 Å². The highest BCUT2D eigenvalue weighted by molar-refractivity contribution is 7.13. The SMILES string of the molecule is C=Nc1cc(C(=O)OCC)cc(-c2nccs2)c1OCC1CCCC(CNC)N1. The Labute approximate surface area is 175 Å². The van der Waals surface area contributed by atoms with Crippen LogP contribution >= 0.6 is 11.3 Å². The number of hydrogen-bond acceptors (Lipinski definition) is 8. The highest BCUT2D eigenvalue weighted by Crippen LogP contribution is 2.40. The Morgan fingerprint density at radius 2 is 2.24 bits per heavy atom. The van der Waals surface area contributed by atoms with E-state index in [4.69, 9.17) is 9.47 Å². The van der Waals surface area contributed by atoms with Crippen LogP contribution < -0.4 is 15.4 Å². The second kappa shape index (κ2) is 10.5. The number of rotatable bonds is 9. The van der Waals surface area contributed by atoms with Crippen molar-refractivity contribution in [3.05, 3.63) is 29.3 Å². The second-order valence-electron chi connectivity index (χ2n) is 6.95. The van der Waals surface area contributed by atoms with E-state index in [1.54, 1.807) is 25.3 Å². The number of aromatic nitrogens is 1. The van der Waals surface area contributed by atoms with Gasteiger partial charge < -0.3 is 20.1 Å². The molecule has 3 rings (SSSR count). The third kappa shape index (κ3) is 5.41. The quantitative estimate of drug-likeness (QED) is 0.481. The van der Waals surface area contributed by atoms with Gasteiger partial charge in [-0.1, -0.05) is 6.42 Å². The van der Waals surface area contributed by atoms with Crippen LogP contribution in [0.2, 0.25) is 0 Å². The number of nitrogens with one attached hydrogen (secondary N) is 2. The molecule has 0 amide bonds. The Morgan fingerprint density at radius 3 is 2.93 bits per heavy atom. The lowest BCUT2D eigenvalue weighted by molar-refractivity contribution is 0.0526. The van der Waals surface area contributed by atoms with E-state index in [1.807, 2.05) is 12.4 Å². The van der Waals surface area contributed by atoms with Crippen molar-refractivity contribution in [3.8, 4) is 16.3 Å². The number of likely N-dealkylation sites (N-methyl/N-ethyl adjacent to an activating group) is 1. The Kier molecular flexibility index (Phi) is 7.74. The number of thiazole rings is 1. The third-order valence-electron chi connectivity index (χ3n) is 4.87. The van der Waals surface area contributed by atoms with Crippen molar-refractivity contribution in [3.63, 3.8) is 0 Å². The molecular weight excluding hydrogens is 388 g/mol. The summed E-state index contributed by atoms with van der Waals surface area (Å²) < 4.78 is 11.4. The zero-order chi connectivity index (χ0) is 20.6. The van der Waals surface area contributed by atoms with Gasteiger partial charge in [-0.25, -0.2) is 9.78 Å². The molecule has 1 aliphatic heterocycles. The fourth-order valence-corrected chi connectivity index (χ4v) is 4.21. The molecule has 156 valence electrons. The van der Waals surface area contributed by atoms with E-state index in [1.165, 1.54) is 17.8 Å². The van der Waals surface area contributed by atoms with Crippen LogP contribution in [0.4, 0.5) is 5.69 Å². The minimum absolute atomic E-state index is 0.258. The number of ether oxygens (including phenoxy) is 2. The van der Waals surface area contributed by atoms with Crippen molar-refractivity contribution in [2.24, 2.45) is 4.99 Å². The summed E-state index contributed by atoms with van der Waals surface area (Å²) in [6.07, 6.45) is 5.12. The van der Waals surface area contributed by atoms with Crippen LogP contribution in [0.5, 0.6) is 5.75 Å². The van der Waals surface area contributed by atoms with Crippen LogP contribution in [0, 0.1) is 0 Å². The average molecular weight is 417 g/mol. The number of esters is 1. The molecular formula is C21H28N4O3S. The number of nitrogens with zero attached hydrogens (tertiary/aromatic N) is 2. The van der Waals surface area contributed by atoms with Gasteiger partial charge in [0.15, 0.2) is 5.75 Å². The van der Waals surface area contributed by atoms with Gasteiger partial charge in [0.05, 0.1) is 17.7 Å². The van der Waals surface area contributed by atoms with Crippen LogP contribution in [0.15, 0.2) is 28.7 Å². The van der Waals surface area contributed by atoms with Crippen molar-refractivity contribution in [2.45, 2.75) is 38.3 Å². The van der Waals surface area contributed by atoms with Gasteiger partial charge in [0, 0.05) is 30.2 Å². The molecule has 2 aromatic rings. The molecule has 8 heteroatoms. The van der Waals surface area contributed by atoms with E-state index in [-0.39, 0.29) is 6.04 Å². The minimum Gasteiger partial charge on any atom is -0.489 e. The summed E-state index contributed by atoms with van der Waals surface area (Å²) in [6.45, 7) is 7.21. The number of hydrogen-bond donors (Lipinski definition) is 2. The summed E-state index contributed by atoms with van der Waals surface area (Å²) in [5.41, 5.74) is 1.66. The van der Waals surface area contributed by atoms with Crippen molar-refractivity contribution in [1.29, 1.82) is 0 Å². The lowest BCUT2D eigenvalue weighted by Crippen LogP contribution is -2.49. The Balaban J connectivity index is 1.86. The van der Waals surface area contributed by atoms with Crippen LogP contribution in [-0.2, 0) is 4.74 Å². The highest BCUT2D eigenvalue weighted by Gasteiger charge is 2.23. The lowest BCUT2D eigenvalue weighted by atomic mass is 9.99. The van der Waals surface area contributed by atoms with Crippen molar-refractivity contribution >= 4 is 29.7 Å². The average Bonchev–Trinajstić information content (AvgIpc) is 3.27. The third-order valence-corrected chi connectivity index (χ3v) is 5.68. The van der Waals surface area contributed by atoms with Gasteiger partial charge in [0.1, 0.15) is 17.3 Å². The molecule has 2 heterocycles. The van der Waals surface area contributed by atoms with Crippen LogP contribution in [0.1, 0.15) is 36.5 Å². The summed E-state index contributed by atoms with van der Waals surface area (Å²) in [6, 6.07) is 4.13. The van der Waals surface area contributed by atoms with Crippen LogP contribution in [0.3, 0.4) is 0 Å². The maximum Gasteiger partial charge on any atom is 0.338 e. The maximum absolute atomic E-state index is 12.3. The second-order valence-corrected chi connectivity index (χ2v) is 7.84. The summed E-state index contributed by atoms with van der Waals surface area (Å²) in [4.78, 5) is 20.8. The van der Waals surface area contributed by atoms with Crippen molar-refractivity contribution in [1.82, 2.24) is 15.6 Å². The van der Waals surface area contributed by atoms with E-state index < -0.39 is 5.97 Å². The molecule has 1 aliphatic rings. The Bertz CT molecular complexity index is 824. The number of piperidine rings is 1. The molecule has 1 aromatic carbocycles. The summed E-state index contributed by atoms with van der Waals surface area (Å²) in [7, 11) is 1.97. The molecule has 1 saturated heterocycles. The van der Waals surface area contributed by atoms with Gasteiger partial charge in [-0.2, -0.15) is 0 Å². The first-order valence-corrected chi connectivity index (χ1v) is 10.8. The summed E-state index contributed by atoms with van der Waals surface area (Å²) in [5.74, 6) is 0.200.